The van der Waals surface area contributed by atoms with E-state index in [9.17, 15) is 19.6 Å². The molecule has 0 aliphatic carbocycles. The first kappa shape index (κ1) is 17.6. The second kappa shape index (κ2) is 7.37. The first-order valence-electron chi connectivity index (χ1n) is 8.07. The Morgan fingerprint density at radius 1 is 1.19 bits per heavy atom. The minimum absolute atomic E-state index is 0.0355. The number of benzene rings is 2. The van der Waals surface area contributed by atoms with Gasteiger partial charge in [-0.15, -0.1) is 0 Å². The van der Waals surface area contributed by atoms with Gasteiger partial charge in [-0.3, -0.25) is 14.8 Å². The zero-order valence-electron chi connectivity index (χ0n) is 14.1. The summed E-state index contributed by atoms with van der Waals surface area (Å²) in [6.45, 7) is 1.60. The van der Waals surface area contributed by atoms with Gasteiger partial charge in [0.15, 0.2) is 5.78 Å². The van der Waals surface area contributed by atoms with Gasteiger partial charge < -0.3 is 9.47 Å². The van der Waals surface area contributed by atoms with Crippen LogP contribution in [0, 0.1) is 0 Å². The van der Waals surface area contributed by atoms with Gasteiger partial charge in [0.05, 0.1) is 18.7 Å². The van der Waals surface area contributed by atoms with Gasteiger partial charge >= 0.3 is 11.9 Å². The van der Waals surface area contributed by atoms with Crippen molar-refractivity contribution in [1.29, 1.82) is 0 Å². The molecule has 7 heteroatoms. The first-order chi connectivity index (χ1) is 12.5. The van der Waals surface area contributed by atoms with Gasteiger partial charge in [-0.25, -0.2) is 9.86 Å². The number of amides is 1. The molecule has 1 heterocycles. The monoisotopic (exact) mass is 355 g/mol. The molecule has 0 saturated heterocycles. The minimum atomic E-state index is -1.16. The SMILES string of the molecule is CCOC(=O)C(=O)N(O)Cc1ccc2c(c1)OCc1ccccc1C2=O. The summed E-state index contributed by atoms with van der Waals surface area (Å²) < 4.78 is 10.3. The highest BCUT2D eigenvalue weighted by atomic mass is 16.6. The Balaban J connectivity index is 1.81. The van der Waals surface area contributed by atoms with Crippen LogP contribution < -0.4 is 4.74 Å². The molecule has 2 aromatic rings. The predicted octanol–water partition coefficient (Wildman–Crippen LogP) is 2.09. The third-order valence-electron chi connectivity index (χ3n) is 3.95. The number of carbonyl (C=O) groups is 3. The van der Waals surface area contributed by atoms with Crippen molar-refractivity contribution in [3.05, 3.63) is 64.7 Å². The minimum Gasteiger partial charge on any atom is -0.488 e. The van der Waals surface area contributed by atoms with Gasteiger partial charge in [-0.05, 0) is 24.6 Å². The quantitative estimate of drug-likeness (QED) is 0.392. The maximum absolute atomic E-state index is 12.7. The molecular formula is C19H17NO6. The van der Waals surface area contributed by atoms with E-state index in [-0.39, 0.29) is 30.6 Å². The zero-order chi connectivity index (χ0) is 18.7. The molecule has 0 unspecified atom stereocenters. The van der Waals surface area contributed by atoms with Gasteiger partial charge in [-0.1, -0.05) is 30.3 Å². The summed E-state index contributed by atoms with van der Waals surface area (Å²) in [5, 5.41) is 10.1. The van der Waals surface area contributed by atoms with E-state index in [1.807, 2.05) is 12.1 Å². The molecule has 134 valence electrons. The standard InChI is InChI=1S/C19H17NO6/c1-2-25-19(23)18(22)20(24)10-12-7-8-15-16(9-12)26-11-13-5-3-4-6-14(13)17(15)21/h3-9,24H,2,10-11H2,1H3. The number of ketones is 1. The lowest BCUT2D eigenvalue weighted by molar-refractivity contribution is -0.182. The summed E-state index contributed by atoms with van der Waals surface area (Å²) in [5.74, 6) is -2.08. The maximum Gasteiger partial charge on any atom is 0.399 e. The van der Waals surface area contributed by atoms with Gasteiger partial charge in [0, 0.05) is 11.1 Å². The van der Waals surface area contributed by atoms with Crippen LogP contribution in [0.15, 0.2) is 42.5 Å². The van der Waals surface area contributed by atoms with Gasteiger partial charge in [-0.2, -0.15) is 0 Å². The van der Waals surface area contributed by atoms with Crippen LogP contribution >= 0.6 is 0 Å². The number of hydrogen-bond donors (Lipinski definition) is 1. The Bertz CT molecular complexity index is 876. The second-order valence-corrected chi connectivity index (χ2v) is 5.69. The topological polar surface area (TPSA) is 93.1 Å². The van der Waals surface area contributed by atoms with Gasteiger partial charge in [0.1, 0.15) is 12.4 Å². The molecule has 1 N–H and O–H groups in total. The summed E-state index contributed by atoms with van der Waals surface area (Å²) >= 11 is 0. The highest BCUT2D eigenvalue weighted by Gasteiger charge is 2.24. The molecule has 1 aliphatic heterocycles. The Labute approximate surface area is 149 Å². The van der Waals surface area contributed by atoms with E-state index in [1.165, 1.54) is 0 Å². The Morgan fingerprint density at radius 2 is 1.96 bits per heavy atom. The summed E-state index contributed by atoms with van der Waals surface area (Å²) in [6, 6.07) is 11.9. The average molecular weight is 355 g/mol. The van der Waals surface area contributed by atoms with Crippen molar-refractivity contribution >= 4 is 17.7 Å². The summed E-state index contributed by atoms with van der Waals surface area (Å²) in [7, 11) is 0. The largest absolute Gasteiger partial charge is 0.488 e. The molecule has 2 aromatic carbocycles. The van der Waals surface area contributed by atoms with Gasteiger partial charge in [0.2, 0.25) is 0 Å². The predicted molar refractivity (Wildman–Crippen MR) is 89.6 cm³/mol. The number of nitrogens with zero attached hydrogens (tertiary/aromatic N) is 1. The first-order valence-corrected chi connectivity index (χ1v) is 8.07. The van der Waals surface area contributed by atoms with E-state index in [0.29, 0.717) is 22.4 Å². The normalized spacial score (nSPS) is 12.3. The Morgan fingerprint density at radius 3 is 2.73 bits per heavy atom. The summed E-state index contributed by atoms with van der Waals surface area (Å²) in [4.78, 5) is 35.8. The third-order valence-corrected chi connectivity index (χ3v) is 3.95. The maximum atomic E-state index is 12.7. The fourth-order valence-electron chi connectivity index (χ4n) is 2.68. The molecule has 7 nitrogen and oxygen atoms in total. The van der Waals surface area contributed by atoms with Crippen LogP contribution in [0.3, 0.4) is 0 Å². The van der Waals surface area contributed by atoms with E-state index in [0.717, 1.165) is 5.56 Å². The van der Waals surface area contributed by atoms with E-state index >= 15 is 0 Å². The lowest BCUT2D eigenvalue weighted by Gasteiger charge is -2.15. The van der Waals surface area contributed by atoms with Crippen LogP contribution in [0.2, 0.25) is 0 Å². The zero-order valence-corrected chi connectivity index (χ0v) is 14.1. The van der Waals surface area contributed by atoms with Crippen molar-refractivity contribution in [3.8, 4) is 5.75 Å². The average Bonchev–Trinajstić information content (AvgIpc) is 2.78. The van der Waals surface area contributed by atoms with Crippen LogP contribution in [0.1, 0.15) is 34.0 Å². The molecule has 0 fully saturated rings. The fraction of sp³-hybridized carbons (Fsp3) is 0.211. The number of carbonyl (C=O) groups excluding carboxylic acids is 3. The molecule has 0 aromatic heterocycles. The molecule has 0 radical (unpaired) electrons. The lowest BCUT2D eigenvalue weighted by atomic mass is 9.98. The summed E-state index contributed by atoms with van der Waals surface area (Å²) in [5.41, 5.74) is 2.28. The van der Waals surface area contributed by atoms with E-state index in [1.54, 1.807) is 37.3 Å². The highest BCUT2D eigenvalue weighted by Crippen LogP contribution is 2.29. The van der Waals surface area contributed by atoms with Crippen molar-refractivity contribution in [1.82, 2.24) is 5.06 Å². The van der Waals surface area contributed by atoms with Crippen LogP contribution in [0.5, 0.6) is 5.75 Å². The molecule has 0 atom stereocenters. The van der Waals surface area contributed by atoms with E-state index in [4.69, 9.17) is 4.74 Å². The number of ether oxygens (including phenoxy) is 2. The Hall–Kier alpha value is -3.19. The van der Waals surface area contributed by atoms with Crippen molar-refractivity contribution in [2.24, 2.45) is 0 Å². The van der Waals surface area contributed by atoms with Crippen molar-refractivity contribution in [3.63, 3.8) is 0 Å². The lowest BCUT2D eigenvalue weighted by Crippen LogP contribution is -2.34. The second-order valence-electron chi connectivity index (χ2n) is 5.69. The van der Waals surface area contributed by atoms with Crippen LogP contribution in [-0.2, 0) is 27.5 Å². The Kier molecular flexibility index (Phi) is 4.99. The van der Waals surface area contributed by atoms with E-state index in [2.05, 4.69) is 4.74 Å². The number of esters is 1. The van der Waals surface area contributed by atoms with E-state index < -0.39 is 11.9 Å². The number of fused-ring (bicyclic) bond motifs is 2. The molecule has 0 saturated carbocycles. The molecule has 1 aliphatic rings. The third kappa shape index (κ3) is 3.43. The van der Waals surface area contributed by atoms with Crippen molar-refractivity contribution in [2.45, 2.75) is 20.1 Å². The molecular weight excluding hydrogens is 338 g/mol. The van der Waals surface area contributed by atoms with Crippen LogP contribution in [0.25, 0.3) is 0 Å². The molecule has 0 spiro atoms. The van der Waals surface area contributed by atoms with Crippen molar-refractivity contribution < 1.29 is 29.1 Å². The molecule has 1 amide bonds. The molecule has 26 heavy (non-hydrogen) atoms. The van der Waals surface area contributed by atoms with Gasteiger partial charge in [0.25, 0.3) is 0 Å². The summed E-state index contributed by atoms with van der Waals surface area (Å²) in [6.07, 6.45) is 0. The number of hydrogen-bond acceptors (Lipinski definition) is 6. The van der Waals surface area contributed by atoms with Crippen LogP contribution in [0.4, 0.5) is 0 Å². The van der Waals surface area contributed by atoms with Crippen LogP contribution in [-0.4, -0.2) is 34.5 Å². The molecule has 3 rings (SSSR count). The smallest absolute Gasteiger partial charge is 0.399 e. The number of hydroxylamine groups is 2. The molecule has 0 bridgehead atoms. The highest BCUT2D eigenvalue weighted by molar-refractivity contribution is 6.31. The number of rotatable bonds is 3. The fourth-order valence-corrected chi connectivity index (χ4v) is 2.68. The van der Waals surface area contributed by atoms with Crippen molar-refractivity contribution in [2.75, 3.05) is 6.61 Å².